The topological polar surface area (TPSA) is 86.1 Å². The molecule has 1 amide bonds. The zero-order valence-electron chi connectivity index (χ0n) is 17.3. The van der Waals surface area contributed by atoms with Crippen molar-refractivity contribution in [2.45, 2.75) is 20.3 Å². The van der Waals surface area contributed by atoms with Gasteiger partial charge in [-0.2, -0.15) is 9.78 Å². The number of fused-ring (bicyclic) bond motifs is 1. The van der Waals surface area contributed by atoms with Crippen molar-refractivity contribution in [3.63, 3.8) is 0 Å². The zero-order valence-corrected chi connectivity index (χ0v) is 17.3. The van der Waals surface area contributed by atoms with E-state index in [2.05, 4.69) is 15.4 Å². The molecule has 2 heterocycles. The van der Waals surface area contributed by atoms with Crippen molar-refractivity contribution in [2.24, 2.45) is 0 Å². The third-order valence-electron chi connectivity index (χ3n) is 4.86. The number of rotatable bonds is 6. The van der Waals surface area contributed by atoms with E-state index in [9.17, 15) is 9.59 Å². The first-order chi connectivity index (χ1) is 15.1. The predicted octanol–water partition coefficient (Wildman–Crippen LogP) is 4.09. The molecule has 0 aliphatic rings. The number of ether oxygens (including phenoxy) is 1. The highest BCUT2D eigenvalue weighted by Crippen LogP contribution is 2.24. The summed E-state index contributed by atoms with van der Waals surface area (Å²) in [5.74, 6) is -0.0828. The molecule has 4 rings (SSSR count). The fraction of sp³-hybridized carbons (Fsp3) is 0.167. The molecule has 0 aliphatic carbocycles. The standard InChI is InChI=1S/C24H22N4O3/c1-3-31-24(30)19-15-25-28(21-13-16(2)18-11-7-8-12-20(18)26-21)23(19)27-22(29)14-17-9-5-4-6-10-17/h4-13,15H,3,14H2,1-2H3,(H,27,29). The lowest BCUT2D eigenvalue weighted by molar-refractivity contribution is -0.115. The predicted molar refractivity (Wildman–Crippen MR) is 118 cm³/mol. The summed E-state index contributed by atoms with van der Waals surface area (Å²) < 4.78 is 6.61. The molecule has 0 unspecified atom stereocenters. The third kappa shape index (κ3) is 4.30. The largest absolute Gasteiger partial charge is 0.462 e. The van der Waals surface area contributed by atoms with E-state index in [1.165, 1.54) is 10.9 Å². The van der Waals surface area contributed by atoms with Crippen LogP contribution in [0.3, 0.4) is 0 Å². The first kappa shape index (κ1) is 20.3. The Morgan fingerprint density at radius 3 is 2.58 bits per heavy atom. The molecule has 4 aromatic rings. The van der Waals surface area contributed by atoms with Gasteiger partial charge in [-0.05, 0) is 37.1 Å². The van der Waals surface area contributed by atoms with Gasteiger partial charge in [-0.15, -0.1) is 0 Å². The lowest BCUT2D eigenvalue weighted by Gasteiger charge is -2.12. The minimum atomic E-state index is -0.554. The number of pyridine rings is 1. The van der Waals surface area contributed by atoms with E-state index in [0.717, 1.165) is 22.0 Å². The number of anilines is 1. The second-order valence-corrected chi connectivity index (χ2v) is 7.06. The van der Waals surface area contributed by atoms with E-state index in [-0.39, 0.29) is 30.3 Å². The molecule has 0 saturated heterocycles. The Kier molecular flexibility index (Phi) is 5.75. The monoisotopic (exact) mass is 414 g/mol. The van der Waals surface area contributed by atoms with Gasteiger partial charge in [0.2, 0.25) is 5.91 Å². The fourth-order valence-corrected chi connectivity index (χ4v) is 3.40. The molecule has 0 spiro atoms. The molecular weight excluding hydrogens is 392 g/mol. The molecule has 1 N–H and O–H groups in total. The normalized spacial score (nSPS) is 10.8. The number of aryl methyl sites for hydroxylation is 1. The van der Waals surface area contributed by atoms with Crippen LogP contribution in [0.1, 0.15) is 28.4 Å². The number of esters is 1. The van der Waals surface area contributed by atoms with Crippen LogP contribution >= 0.6 is 0 Å². The molecule has 0 bridgehead atoms. The van der Waals surface area contributed by atoms with Crippen LogP contribution in [0.4, 0.5) is 5.82 Å². The van der Waals surface area contributed by atoms with Gasteiger partial charge in [0.15, 0.2) is 11.6 Å². The van der Waals surface area contributed by atoms with E-state index >= 15 is 0 Å². The van der Waals surface area contributed by atoms with Gasteiger partial charge in [0.05, 0.1) is 24.7 Å². The maximum atomic E-state index is 12.8. The first-order valence-corrected chi connectivity index (χ1v) is 10.0. The van der Waals surface area contributed by atoms with Crippen molar-refractivity contribution in [3.8, 4) is 5.82 Å². The smallest absolute Gasteiger partial charge is 0.343 e. The van der Waals surface area contributed by atoms with Gasteiger partial charge in [-0.1, -0.05) is 48.5 Å². The van der Waals surface area contributed by atoms with Gasteiger partial charge >= 0.3 is 5.97 Å². The van der Waals surface area contributed by atoms with E-state index < -0.39 is 5.97 Å². The number of para-hydroxylation sites is 1. The number of aromatic nitrogens is 3. The number of nitrogens with one attached hydrogen (secondary N) is 1. The van der Waals surface area contributed by atoms with Crippen LogP contribution in [0, 0.1) is 6.92 Å². The number of hydrogen-bond donors (Lipinski definition) is 1. The van der Waals surface area contributed by atoms with Gasteiger partial charge in [0, 0.05) is 5.39 Å². The lowest BCUT2D eigenvalue weighted by atomic mass is 10.1. The molecule has 31 heavy (non-hydrogen) atoms. The average molecular weight is 414 g/mol. The van der Waals surface area contributed by atoms with Crippen LogP contribution in [-0.4, -0.2) is 33.2 Å². The van der Waals surface area contributed by atoms with E-state index in [1.54, 1.807) is 6.92 Å². The van der Waals surface area contributed by atoms with E-state index in [0.29, 0.717) is 5.82 Å². The van der Waals surface area contributed by atoms with Crippen LogP contribution in [0.15, 0.2) is 66.9 Å². The minimum absolute atomic E-state index is 0.165. The molecule has 7 heteroatoms. The lowest BCUT2D eigenvalue weighted by Crippen LogP contribution is -2.20. The fourth-order valence-electron chi connectivity index (χ4n) is 3.40. The highest BCUT2D eigenvalue weighted by Gasteiger charge is 2.22. The summed E-state index contributed by atoms with van der Waals surface area (Å²) in [6, 6.07) is 19.0. The summed E-state index contributed by atoms with van der Waals surface area (Å²) in [5.41, 5.74) is 2.85. The van der Waals surface area contributed by atoms with Crippen molar-refractivity contribution in [3.05, 3.63) is 83.6 Å². The molecule has 156 valence electrons. The van der Waals surface area contributed by atoms with Gasteiger partial charge in [0.1, 0.15) is 5.56 Å². The second kappa shape index (κ2) is 8.79. The molecule has 0 fully saturated rings. The Morgan fingerprint density at radius 1 is 1.06 bits per heavy atom. The summed E-state index contributed by atoms with van der Waals surface area (Å²) in [5, 5.41) is 8.20. The summed E-state index contributed by atoms with van der Waals surface area (Å²) in [4.78, 5) is 29.9. The van der Waals surface area contributed by atoms with Crippen molar-refractivity contribution < 1.29 is 14.3 Å². The number of amides is 1. The summed E-state index contributed by atoms with van der Waals surface area (Å²) >= 11 is 0. The maximum absolute atomic E-state index is 12.8. The number of carbonyl (C=O) groups excluding carboxylic acids is 2. The molecule has 2 aromatic heterocycles. The highest BCUT2D eigenvalue weighted by molar-refractivity contribution is 6.01. The molecule has 7 nitrogen and oxygen atoms in total. The Morgan fingerprint density at radius 2 is 1.81 bits per heavy atom. The average Bonchev–Trinajstić information content (AvgIpc) is 3.18. The molecule has 0 radical (unpaired) electrons. The quantitative estimate of drug-likeness (QED) is 0.480. The SMILES string of the molecule is CCOC(=O)c1cnn(-c2cc(C)c3ccccc3n2)c1NC(=O)Cc1ccccc1. The first-order valence-electron chi connectivity index (χ1n) is 10.0. The van der Waals surface area contributed by atoms with Gasteiger partial charge in [0.25, 0.3) is 0 Å². The summed E-state index contributed by atoms with van der Waals surface area (Å²) in [6.45, 7) is 3.93. The van der Waals surface area contributed by atoms with Crippen molar-refractivity contribution in [1.82, 2.24) is 14.8 Å². The third-order valence-corrected chi connectivity index (χ3v) is 4.86. The number of hydrogen-bond acceptors (Lipinski definition) is 5. The Balaban J connectivity index is 1.74. The van der Waals surface area contributed by atoms with E-state index in [4.69, 9.17) is 4.74 Å². The van der Waals surface area contributed by atoms with Gasteiger partial charge in [-0.25, -0.2) is 9.78 Å². The Hall–Kier alpha value is -4.00. The number of carbonyl (C=O) groups is 2. The zero-order chi connectivity index (χ0) is 21.8. The maximum Gasteiger partial charge on any atom is 0.343 e. The number of benzene rings is 2. The highest BCUT2D eigenvalue weighted by atomic mass is 16.5. The van der Waals surface area contributed by atoms with Crippen LogP contribution in [0.25, 0.3) is 16.7 Å². The summed E-state index contributed by atoms with van der Waals surface area (Å²) in [6.07, 6.45) is 1.56. The molecule has 2 aromatic carbocycles. The van der Waals surface area contributed by atoms with E-state index in [1.807, 2.05) is 67.6 Å². The van der Waals surface area contributed by atoms with Crippen LogP contribution in [0.2, 0.25) is 0 Å². The van der Waals surface area contributed by atoms with Crippen molar-refractivity contribution in [2.75, 3.05) is 11.9 Å². The van der Waals surface area contributed by atoms with Crippen molar-refractivity contribution >= 4 is 28.6 Å². The van der Waals surface area contributed by atoms with Crippen LogP contribution < -0.4 is 5.32 Å². The van der Waals surface area contributed by atoms with Crippen LogP contribution in [0.5, 0.6) is 0 Å². The molecular formula is C24H22N4O3. The molecule has 0 atom stereocenters. The Labute approximate surface area is 179 Å². The van der Waals surface area contributed by atoms with Crippen LogP contribution in [-0.2, 0) is 16.0 Å². The second-order valence-electron chi connectivity index (χ2n) is 7.06. The number of nitrogens with zero attached hydrogens (tertiary/aromatic N) is 3. The van der Waals surface area contributed by atoms with Gasteiger partial charge in [-0.3, -0.25) is 4.79 Å². The summed E-state index contributed by atoms with van der Waals surface area (Å²) in [7, 11) is 0. The molecule has 0 aliphatic heterocycles. The van der Waals surface area contributed by atoms with Gasteiger partial charge < -0.3 is 10.1 Å². The Bertz CT molecular complexity index is 1250. The van der Waals surface area contributed by atoms with Crippen molar-refractivity contribution in [1.29, 1.82) is 0 Å². The molecule has 0 saturated carbocycles. The minimum Gasteiger partial charge on any atom is -0.462 e.